The van der Waals surface area contributed by atoms with Crippen LogP contribution in [-0.4, -0.2) is 17.5 Å². The SMILES string of the molecule is CCCCCCCN1C=CC=CC1C. The summed E-state index contributed by atoms with van der Waals surface area (Å²) < 4.78 is 0. The third-order valence-electron chi connectivity index (χ3n) is 2.82. The van der Waals surface area contributed by atoms with Crippen molar-refractivity contribution in [3.63, 3.8) is 0 Å². The molecule has 1 heteroatoms. The third-order valence-corrected chi connectivity index (χ3v) is 2.82. The molecule has 0 spiro atoms. The highest BCUT2D eigenvalue weighted by molar-refractivity contribution is 5.11. The lowest BCUT2D eigenvalue weighted by atomic mass is 10.1. The van der Waals surface area contributed by atoms with Gasteiger partial charge in [-0.25, -0.2) is 0 Å². The number of unbranched alkanes of at least 4 members (excludes halogenated alkanes) is 4. The number of hydrogen-bond acceptors (Lipinski definition) is 1. The Bertz CT molecular complexity index is 193. The van der Waals surface area contributed by atoms with Crippen LogP contribution in [0.15, 0.2) is 24.4 Å². The van der Waals surface area contributed by atoms with Gasteiger partial charge >= 0.3 is 0 Å². The lowest BCUT2D eigenvalue weighted by Gasteiger charge is -2.27. The number of allylic oxidation sites excluding steroid dienone is 2. The van der Waals surface area contributed by atoms with Gasteiger partial charge in [0.05, 0.1) is 0 Å². The molecule has 1 unspecified atom stereocenters. The van der Waals surface area contributed by atoms with E-state index in [0.717, 1.165) is 0 Å². The Morgan fingerprint density at radius 2 is 1.86 bits per heavy atom. The van der Waals surface area contributed by atoms with Crippen molar-refractivity contribution in [2.24, 2.45) is 0 Å². The number of hydrogen-bond donors (Lipinski definition) is 0. The van der Waals surface area contributed by atoms with Gasteiger partial charge in [-0.2, -0.15) is 0 Å². The van der Waals surface area contributed by atoms with E-state index < -0.39 is 0 Å². The van der Waals surface area contributed by atoms with Gasteiger partial charge in [-0.1, -0.05) is 44.8 Å². The summed E-state index contributed by atoms with van der Waals surface area (Å²) in [5.74, 6) is 0. The molecule has 0 N–H and O–H groups in total. The van der Waals surface area contributed by atoms with Crippen LogP contribution < -0.4 is 0 Å². The third kappa shape index (κ3) is 3.99. The lowest BCUT2D eigenvalue weighted by molar-refractivity contribution is 0.322. The first-order valence-electron chi connectivity index (χ1n) is 5.95. The highest BCUT2D eigenvalue weighted by atomic mass is 15.1. The van der Waals surface area contributed by atoms with Gasteiger partial charge in [0.2, 0.25) is 0 Å². The van der Waals surface area contributed by atoms with Crippen LogP contribution in [0.25, 0.3) is 0 Å². The van der Waals surface area contributed by atoms with Gasteiger partial charge in [-0.3, -0.25) is 0 Å². The van der Waals surface area contributed by atoms with E-state index in [0.29, 0.717) is 6.04 Å². The second-order valence-electron chi connectivity index (χ2n) is 4.12. The summed E-state index contributed by atoms with van der Waals surface area (Å²) in [6.07, 6.45) is 15.6. The molecule has 0 saturated heterocycles. The second kappa shape index (κ2) is 6.69. The molecular formula is C13H23N. The summed E-state index contributed by atoms with van der Waals surface area (Å²) in [5, 5.41) is 0. The van der Waals surface area contributed by atoms with Crippen molar-refractivity contribution in [3.05, 3.63) is 24.4 Å². The molecule has 1 nitrogen and oxygen atoms in total. The molecule has 0 aromatic carbocycles. The standard InChI is InChI=1S/C13H23N/c1-3-4-5-6-8-11-14-12-9-7-10-13(14)2/h7,9-10,12-13H,3-6,8,11H2,1-2H3. The number of nitrogens with zero attached hydrogens (tertiary/aromatic N) is 1. The largest absolute Gasteiger partial charge is 0.371 e. The quantitative estimate of drug-likeness (QED) is 0.581. The zero-order chi connectivity index (χ0) is 10.2. The van der Waals surface area contributed by atoms with Crippen LogP contribution in [0, 0.1) is 0 Å². The van der Waals surface area contributed by atoms with Crippen molar-refractivity contribution >= 4 is 0 Å². The van der Waals surface area contributed by atoms with Gasteiger partial charge in [0.25, 0.3) is 0 Å². The maximum absolute atomic E-state index is 2.42. The molecule has 14 heavy (non-hydrogen) atoms. The molecule has 0 radical (unpaired) electrons. The smallest absolute Gasteiger partial charge is 0.0442 e. The van der Waals surface area contributed by atoms with Gasteiger partial charge < -0.3 is 4.90 Å². The van der Waals surface area contributed by atoms with Crippen LogP contribution in [0.5, 0.6) is 0 Å². The molecule has 1 rings (SSSR count). The van der Waals surface area contributed by atoms with Crippen LogP contribution in [0.3, 0.4) is 0 Å². The zero-order valence-corrected chi connectivity index (χ0v) is 9.58. The molecular weight excluding hydrogens is 170 g/mol. The van der Waals surface area contributed by atoms with Gasteiger partial charge in [-0.15, -0.1) is 0 Å². The fourth-order valence-corrected chi connectivity index (χ4v) is 1.81. The fourth-order valence-electron chi connectivity index (χ4n) is 1.81. The van der Waals surface area contributed by atoms with Crippen molar-refractivity contribution in [2.75, 3.05) is 6.54 Å². The summed E-state index contributed by atoms with van der Waals surface area (Å²) in [4.78, 5) is 2.42. The fraction of sp³-hybridized carbons (Fsp3) is 0.692. The highest BCUT2D eigenvalue weighted by Crippen LogP contribution is 2.10. The normalized spacial score (nSPS) is 20.4. The second-order valence-corrected chi connectivity index (χ2v) is 4.12. The van der Waals surface area contributed by atoms with E-state index >= 15 is 0 Å². The van der Waals surface area contributed by atoms with E-state index in [4.69, 9.17) is 0 Å². The minimum Gasteiger partial charge on any atom is -0.371 e. The van der Waals surface area contributed by atoms with E-state index in [2.05, 4.69) is 43.2 Å². The topological polar surface area (TPSA) is 3.24 Å². The summed E-state index contributed by atoms with van der Waals surface area (Å²) in [7, 11) is 0. The molecule has 0 amide bonds. The van der Waals surface area contributed by atoms with Crippen molar-refractivity contribution < 1.29 is 0 Å². The minimum atomic E-state index is 0.589. The predicted molar refractivity (Wildman–Crippen MR) is 63.2 cm³/mol. The molecule has 1 aliphatic rings. The average Bonchev–Trinajstić information content (AvgIpc) is 2.20. The van der Waals surface area contributed by atoms with Crippen molar-refractivity contribution in [2.45, 2.75) is 52.0 Å². The van der Waals surface area contributed by atoms with Crippen LogP contribution in [0.4, 0.5) is 0 Å². The molecule has 0 aromatic rings. The maximum Gasteiger partial charge on any atom is 0.0442 e. The van der Waals surface area contributed by atoms with Gasteiger partial charge in [0, 0.05) is 12.6 Å². The molecule has 0 bridgehead atoms. The molecule has 1 heterocycles. The Balaban J connectivity index is 2.06. The van der Waals surface area contributed by atoms with Gasteiger partial charge in [0.15, 0.2) is 0 Å². The maximum atomic E-state index is 2.42. The highest BCUT2D eigenvalue weighted by Gasteiger charge is 2.07. The summed E-state index contributed by atoms with van der Waals surface area (Å²) in [6, 6.07) is 0.589. The van der Waals surface area contributed by atoms with Crippen molar-refractivity contribution in [1.82, 2.24) is 4.90 Å². The molecule has 1 atom stereocenters. The molecule has 1 aliphatic heterocycles. The first kappa shape index (κ1) is 11.4. The zero-order valence-electron chi connectivity index (χ0n) is 9.58. The summed E-state index contributed by atoms with van der Waals surface area (Å²) >= 11 is 0. The van der Waals surface area contributed by atoms with E-state index in [-0.39, 0.29) is 0 Å². The summed E-state index contributed by atoms with van der Waals surface area (Å²) in [5.41, 5.74) is 0. The van der Waals surface area contributed by atoms with Gasteiger partial charge in [-0.05, 0) is 25.6 Å². The molecule has 0 fully saturated rings. The molecule has 0 aromatic heterocycles. The van der Waals surface area contributed by atoms with E-state index in [1.807, 2.05) is 0 Å². The van der Waals surface area contributed by atoms with E-state index in [1.54, 1.807) is 0 Å². The predicted octanol–water partition coefficient (Wildman–Crippen LogP) is 3.73. The van der Waals surface area contributed by atoms with Crippen LogP contribution in [0.1, 0.15) is 46.0 Å². The monoisotopic (exact) mass is 193 g/mol. The van der Waals surface area contributed by atoms with E-state index in [9.17, 15) is 0 Å². The van der Waals surface area contributed by atoms with E-state index in [1.165, 1.54) is 38.6 Å². The van der Waals surface area contributed by atoms with Crippen LogP contribution in [-0.2, 0) is 0 Å². The Morgan fingerprint density at radius 1 is 1.07 bits per heavy atom. The van der Waals surface area contributed by atoms with Crippen LogP contribution in [0.2, 0.25) is 0 Å². The first-order valence-corrected chi connectivity index (χ1v) is 5.95. The van der Waals surface area contributed by atoms with Gasteiger partial charge in [0.1, 0.15) is 0 Å². The van der Waals surface area contributed by atoms with Crippen molar-refractivity contribution in [3.8, 4) is 0 Å². The van der Waals surface area contributed by atoms with Crippen LogP contribution >= 0.6 is 0 Å². The number of rotatable bonds is 6. The van der Waals surface area contributed by atoms with Crippen molar-refractivity contribution in [1.29, 1.82) is 0 Å². The molecule has 0 saturated carbocycles. The Kier molecular flexibility index (Phi) is 5.43. The first-order chi connectivity index (χ1) is 6.84. The lowest BCUT2D eigenvalue weighted by Crippen LogP contribution is -2.28. The molecule has 0 aliphatic carbocycles. The summed E-state index contributed by atoms with van der Waals surface area (Å²) in [6.45, 7) is 5.73. The average molecular weight is 193 g/mol. The Hall–Kier alpha value is -0.720. The Labute approximate surface area is 88.5 Å². The minimum absolute atomic E-state index is 0.589. The Morgan fingerprint density at radius 3 is 2.57 bits per heavy atom. The molecule has 80 valence electrons.